The first-order chi connectivity index (χ1) is 14.0. The number of likely N-dealkylation sites (N-methyl/N-ethyl adjacent to an activating group) is 1. The number of nitrogens with zero attached hydrogens (tertiary/aromatic N) is 3. The summed E-state index contributed by atoms with van der Waals surface area (Å²) in [6.07, 6.45) is 1.98. The Bertz CT molecular complexity index is 856. The maximum Gasteiger partial charge on any atom is 0.293 e. The van der Waals surface area contributed by atoms with Crippen molar-refractivity contribution in [1.82, 2.24) is 4.90 Å². The first-order valence-corrected chi connectivity index (χ1v) is 9.83. The number of methoxy groups -OCH3 is 1. The Hall–Kier alpha value is -2.77. The number of benzene rings is 2. The highest BCUT2D eigenvalue weighted by Crippen LogP contribution is 2.35. The van der Waals surface area contributed by atoms with Crippen molar-refractivity contribution in [3.8, 4) is 0 Å². The van der Waals surface area contributed by atoms with Crippen LogP contribution in [0.3, 0.4) is 0 Å². The zero-order chi connectivity index (χ0) is 20.8. The first kappa shape index (κ1) is 21.0. The maximum absolute atomic E-state index is 12.7. The number of nitro groups is 1. The largest absolute Gasteiger partial charge is 0.383 e. The normalized spacial score (nSPS) is 16.4. The Morgan fingerprint density at radius 3 is 2.69 bits per heavy atom. The summed E-state index contributed by atoms with van der Waals surface area (Å²) in [6, 6.07) is 13.9. The average Bonchev–Trinajstić information content (AvgIpc) is 3.19. The summed E-state index contributed by atoms with van der Waals surface area (Å²) < 4.78 is 5.13. The summed E-state index contributed by atoms with van der Waals surface area (Å²) in [7, 11) is 3.71. The Morgan fingerprint density at radius 2 is 2.00 bits per heavy atom. The minimum absolute atomic E-state index is 0.0155. The van der Waals surface area contributed by atoms with E-state index in [2.05, 4.69) is 9.80 Å². The lowest BCUT2D eigenvalue weighted by molar-refractivity contribution is -0.384. The molecule has 0 amide bonds. The number of carbonyl (C=O) groups excluding carboxylic acids is 1. The van der Waals surface area contributed by atoms with E-state index >= 15 is 0 Å². The van der Waals surface area contributed by atoms with Crippen molar-refractivity contribution in [3.63, 3.8) is 0 Å². The van der Waals surface area contributed by atoms with Gasteiger partial charge in [0.1, 0.15) is 5.69 Å². The van der Waals surface area contributed by atoms with E-state index in [-0.39, 0.29) is 22.4 Å². The second-order valence-electron chi connectivity index (χ2n) is 7.40. The molecular formula is C22H27N3O4. The highest BCUT2D eigenvalue weighted by Gasteiger charge is 2.31. The number of ketones is 1. The lowest BCUT2D eigenvalue weighted by Crippen LogP contribution is -2.40. The molecule has 1 atom stereocenters. The van der Waals surface area contributed by atoms with Crippen LogP contribution < -0.4 is 4.90 Å². The molecular weight excluding hydrogens is 370 g/mol. The minimum Gasteiger partial charge on any atom is -0.383 e. The quantitative estimate of drug-likeness (QED) is 0.367. The highest BCUT2D eigenvalue weighted by atomic mass is 16.6. The molecule has 7 heteroatoms. The fourth-order valence-corrected chi connectivity index (χ4v) is 3.85. The zero-order valence-electron chi connectivity index (χ0n) is 16.9. The van der Waals surface area contributed by atoms with Gasteiger partial charge in [-0.1, -0.05) is 30.3 Å². The fourth-order valence-electron chi connectivity index (χ4n) is 3.85. The van der Waals surface area contributed by atoms with E-state index in [1.807, 2.05) is 13.1 Å². The van der Waals surface area contributed by atoms with E-state index in [4.69, 9.17) is 4.74 Å². The Morgan fingerprint density at radius 1 is 1.24 bits per heavy atom. The van der Waals surface area contributed by atoms with Gasteiger partial charge < -0.3 is 14.5 Å². The van der Waals surface area contributed by atoms with Crippen molar-refractivity contribution >= 4 is 17.2 Å². The van der Waals surface area contributed by atoms with Crippen molar-refractivity contribution in [1.29, 1.82) is 0 Å². The van der Waals surface area contributed by atoms with Gasteiger partial charge in [-0.25, -0.2) is 0 Å². The van der Waals surface area contributed by atoms with Gasteiger partial charge in [0.2, 0.25) is 0 Å². The van der Waals surface area contributed by atoms with Gasteiger partial charge in [0.15, 0.2) is 5.78 Å². The molecule has 0 aromatic heterocycles. The first-order valence-electron chi connectivity index (χ1n) is 9.83. The monoisotopic (exact) mass is 397 g/mol. The van der Waals surface area contributed by atoms with E-state index in [1.165, 1.54) is 6.07 Å². The molecule has 0 spiro atoms. The summed E-state index contributed by atoms with van der Waals surface area (Å²) in [4.78, 5) is 28.4. The molecule has 154 valence electrons. The van der Waals surface area contributed by atoms with E-state index in [0.717, 1.165) is 32.5 Å². The van der Waals surface area contributed by atoms with Crippen molar-refractivity contribution in [3.05, 3.63) is 69.8 Å². The lowest BCUT2D eigenvalue weighted by Gasteiger charge is -2.30. The Balaban J connectivity index is 1.85. The van der Waals surface area contributed by atoms with Crippen LogP contribution in [-0.4, -0.2) is 62.0 Å². The number of ether oxygens (including phenoxy) is 1. The van der Waals surface area contributed by atoms with E-state index in [1.54, 1.807) is 43.5 Å². The standard InChI is InChI=1S/C22H27N3O4/c1-23(13-14-29-2)16-19-9-6-12-24(19)20-11-10-18(15-21(20)25(27)28)22(26)17-7-4-3-5-8-17/h3-5,7-8,10-11,15,19H,6,9,12-14,16H2,1-2H3/t19-/m0/s1. The number of nitro benzene ring substituents is 1. The molecule has 0 saturated carbocycles. The van der Waals surface area contributed by atoms with Gasteiger partial charge in [-0.2, -0.15) is 0 Å². The van der Waals surface area contributed by atoms with Gasteiger partial charge in [0, 0.05) is 50.0 Å². The van der Waals surface area contributed by atoms with Gasteiger partial charge in [-0.3, -0.25) is 14.9 Å². The number of hydrogen-bond acceptors (Lipinski definition) is 6. The molecule has 0 N–H and O–H groups in total. The smallest absolute Gasteiger partial charge is 0.293 e. The van der Waals surface area contributed by atoms with Gasteiger partial charge in [0.05, 0.1) is 11.5 Å². The highest BCUT2D eigenvalue weighted by molar-refractivity contribution is 6.09. The molecule has 1 aliphatic heterocycles. The SMILES string of the molecule is COCCN(C)C[C@@H]1CCCN1c1ccc(C(=O)c2ccccc2)cc1[N+](=O)[O-]. The predicted molar refractivity (Wildman–Crippen MR) is 113 cm³/mol. The molecule has 3 rings (SSSR count). The molecule has 29 heavy (non-hydrogen) atoms. The Kier molecular flexibility index (Phi) is 6.95. The average molecular weight is 397 g/mol. The lowest BCUT2D eigenvalue weighted by atomic mass is 10.0. The molecule has 1 aliphatic rings. The number of anilines is 1. The van der Waals surface area contributed by atoms with Crippen molar-refractivity contribution in [2.45, 2.75) is 18.9 Å². The third kappa shape index (κ3) is 4.99. The van der Waals surface area contributed by atoms with E-state index in [0.29, 0.717) is 23.4 Å². The second kappa shape index (κ2) is 9.62. The minimum atomic E-state index is -0.388. The fraction of sp³-hybridized carbons (Fsp3) is 0.409. The van der Waals surface area contributed by atoms with E-state index < -0.39 is 0 Å². The molecule has 1 saturated heterocycles. The third-order valence-corrected chi connectivity index (χ3v) is 5.36. The van der Waals surface area contributed by atoms with Crippen LogP contribution in [-0.2, 0) is 4.74 Å². The molecule has 0 radical (unpaired) electrons. The number of rotatable bonds is 9. The van der Waals surface area contributed by atoms with Gasteiger partial charge in [0.25, 0.3) is 5.69 Å². The molecule has 2 aromatic carbocycles. The second-order valence-corrected chi connectivity index (χ2v) is 7.40. The molecule has 0 bridgehead atoms. The van der Waals surface area contributed by atoms with Crippen molar-refractivity contribution in [2.24, 2.45) is 0 Å². The number of carbonyl (C=O) groups is 1. The van der Waals surface area contributed by atoms with Gasteiger partial charge in [-0.15, -0.1) is 0 Å². The van der Waals surface area contributed by atoms with Crippen LogP contribution in [0.1, 0.15) is 28.8 Å². The van der Waals surface area contributed by atoms with Gasteiger partial charge >= 0.3 is 0 Å². The van der Waals surface area contributed by atoms with Crippen LogP contribution in [0.25, 0.3) is 0 Å². The van der Waals surface area contributed by atoms with Crippen LogP contribution in [0.4, 0.5) is 11.4 Å². The van der Waals surface area contributed by atoms with Crippen molar-refractivity contribution < 1.29 is 14.5 Å². The van der Waals surface area contributed by atoms with E-state index in [9.17, 15) is 14.9 Å². The third-order valence-electron chi connectivity index (χ3n) is 5.36. The van der Waals surface area contributed by atoms with Crippen LogP contribution in [0, 0.1) is 10.1 Å². The molecule has 7 nitrogen and oxygen atoms in total. The maximum atomic E-state index is 12.7. The molecule has 2 aromatic rings. The topological polar surface area (TPSA) is 75.9 Å². The summed E-state index contributed by atoms with van der Waals surface area (Å²) in [5.41, 5.74) is 1.42. The van der Waals surface area contributed by atoms with Crippen LogP contribution in [0.2, 0.25) is 0 Å². The van der Waals surface area contributed by atoms with Crippen molar-refractivity contribution in [2.75, 3.05) is 45.3 Å². The van der Waals surface area contributed by atoms with Crippen LogP contribution in [0.15, 0.2) is 48.5 Å². The van der Waals surface area contributed by atoms with Crippen LogP contribution in [0.5, 0.6) is 0 Å². The summed E-state index contributed by atoms with van der Waals surface area (Å²) in [5.74, 6) is -0.211. The zero-order valence-corrected chi connectivity index (χ0v) is 16.9. The van der Waals surface area contributed by atoms with Gasteiger partial charge in [-0.05, 0) is 32.0 Å². The summed E-state index contributed by atoms with van der Waals surface area (Å²) in [5, 5.41) is 11.8. The molecule has 0 unspecified atom stereocenters. The molecule has 0 aliphatic carbocycles. The Labute approximate surface area is 171 Å². The molecule has 1 fully saturated rings. The van der Waals surface area contributed by atoms with Crippen LogP contribution >= 0.6 is 0 Å². The summed E-state index contributed by atoms with van der Waals surface area (Å²) >= 11 is 0. The number of hydrogen-bond donors (Lipinski definition) is 0. The summed E-state index contributed by atoms with van der Waals surface area (Å²) in [6.45, 7) is 3.05. The molecule has 1 heterocycles. The predicted octanol–water partition coefficient (Wildman–Crippen LogP) is 3.37.